The molecule has 0 atom stereocenters. The molecule has 1 heterocycles. The molecule has 0 aliphatic rings. The maximum Gasteiger partial charge on any atom is 0.119 e. The fourth-order valence-electron chi connectivity index (χ4n) is 1.58. The molecule has 0 saturated heterocycles. The highest BCUT2D eigenvalue weighted by atomic mass is 16.5. The van der Waals surface area contributed by atoms with Crippen molar-refractivity contribution >= 4 is 0 Å². The van der Waals surface area contributed by atoms with Gasteiger partial charge in [-0.25, -0.2) is 4.98 Å². The van der Waals surface area contributed by atoms with Crippen LogP contribution in [0.15, 0.2) is 42.5 Å². The third kappa shape index (κ3) is 2.64. The Hall–Kier alpha value is -2.27. The smallest absolute Gasteiger partial charge is 0.119 e. The number of ether oxygens (including phenoxy) is 1. The number of benzene rings is 1. The number of methoxy groups -OCH3 is 1. The molecule has 17 heavy (non-hydrogen) atoms. The first-order chi connectivity index (χ1) is 8.33. The molecule has 0 radical (unpaired) electrons. The molecule has 2 heteroatoms. The first-order valence-corrected chi connectivity index (χ1v) is 5.37. The minimum Gasteiger partial charge on any atom is -0.497 e. The summed E-state index contributed by atoms with van der Waals surface area (Å²) in [5.41, 5.74) is 2.72. The third-order valence-corrected chi connectivity index (χ3v) is 2.37. The van der Waals surface area contributed by atoms with Gasteiger partial charge in [0, 0.05) is 5.56 Å². The Morgan fingerprint density at radius 1 is 1.12 bits per heavy atom. The van der Waals surface area contributed by atoms with Gasteiger partial charge < -0.3 is 4.74 Å². The van der Waals surface area contributed by atoms with E-state index < -0.39 is 0 Å². The Morgan fingerprint density at radius 2 is 1.94 bits per heavy atom. The van der Waals surface area contributed by atoms with Crippen LogP contribution in [0.2, 0.25) is 0 Å². The lowest BCUT2D eigenvalue weighted by Crippen LogP contribution is -1.88. The highest BCUT2D eigenvalue weighted by Gasteiger charge is 2.01. The fraction of sp³-hybridized carbons (Fsp3) is 0.133. The van der Waals surface area contributed by atoms with Gasteiger partial charge in [0.1, 0.15) is 11.4 Å². The van der Waals surface area contributed by atoms with Crippen molar-refractivity contribution in [2.75, 3.05) is 7.11 Å². The summed E-state index contributed by atoms with van der Waals surface area (Å²) >= 11 is 0. The first-order valence-electron chi connectivity index (χ1n) is 5.37. The average molecular weight is 223 g/mol. The lowest BCUT2D eigenvalue weighted by molar-refractivity contribution is 0.415. The van der Waals surface area contributed by atoms with E-state index in [1.165, 1.54) is 0 Å². The summed E-state index contributed by atoms with van der Waals surface area (Å²) in [6, 6.07) is 13.7. The van der Waals surface area contributed by atoms with Crippen LogP contribution in [0.4, 0.5) is 0 Å². The Morgan fingerprint density at radius 3 is 2.71 bits per heavy atom. The van der Waals surface area contributed by atoms with Crippen LogP contribution in [0.3, 0.4) is 0 Å². The normalized spacial score (nSPS) is 9.29. The summed E-state index contributed by atoms with van der Waals surface area (Å²) in [4.78, 5) is 4.48. The molecule has 0 fully saturated rings. The van der Waals surface area contributed by atoms with Crippen molar-refractivity contribution in [3.63, 3.8) is 0 Å². The monoisotopic (exact) mass is 223 g/mol. The Labute approximate surface area is 101 Å². The number of hydrogen-bond donors (Lipinski definition) is 0. The van der Waals surface area contributed by atoms with E-state index in [9.17, 15) is 0 Å². The molecule has 2 rings (SSSR count). The van der Waals surface area contributed by atoms with Crippen LogP contribution >= 0.6 is 0 Å². The van der Waals surface area contributed by atoms with Crippen LogP contribution in [-0.4, -0.2) is 12.1 Å². The Kier molecular flexibility index (Phi) is 3.42. The zero-order valence-corrected chi connectivity index (χ0v) is 9.90. The third-order valence-electron chi connectivity index (χ3n) is 2.37. The SMILES string of the molecule is CC#Cc1cccc(-c2cccc(OC)c2)n1. The minimum absolute atomic E-state index is 0.785. The van der Waals surface area contributed by atoms with E-state index in [1.54, 1.807) is 14.0 Å². The van der Waals surface area contributed by atoms with E-state index in [-0.39, 0.29) is 0 Å². The van der Waals surface area contributed by atoms with E-state index in [4.69, 9.17) is 4.74 Å². The van der Waals surface area contributed by atoms with Crippen molar-refractivity contribution in [2.45, 2.75) is 6.92 Å². The van der Waals surface area contributed by atoms with Gasteiger partial charge in [-0.2, -0.15) is 0 Å². The average Bonchev–Trinajstić information content (AvgIpc) is 2.40. The van der Waals surface area contributed by atoms with Crippen molar-refractivity contribution < 1.29 is 4.74 Å². The van der Waals surface area contributed by atoms with Gasteiger partial charge in [0.2, 0.25) is 0 Å². The highest BCUT2D eigenvalue weighted by Crippen LogP contribution is 2.22. The van der Waals surface area contributed by atoms with Crippen molar-refractivity contribution in [3.8, 4) is 28.8 Å². The molecule has 2 nitrogen and oxygen atoms in total. The molecule has 0 unspecified atom stereocenters. The second-order valence-corrected chi connectivity index (χ2v) is 3.52. The first kappa shape index (κ1) is 11.2. The van der Waals surface area contributed by atoms with E-state index in [0.29, 0.717) is 0 Å². The molecular weight excluding hydrogens is 210 g/mol. The molecule has 84 valence electrons. The zero-order chi connectivity index (χ0) is 12.1. The van der Waals surface area contributed by atoms with Gasteiger partial charge in [-0.1, -0.05) is 24.1 Å². The van der Waals surface area contributed by atoms with Crippen LogP contribution in [0.5, 0.6) is 5.75 Å². The van der Waals surface area contributed by atoms with Gasteiger partial charge in [-0.15, -0.1) is 0 Å². The summed E-state index contributed by atoms with van der Waals surface area (Å²) < 4.78 is 5.20. The van der Waals surface area contributed by atoms with Gasteiger partial charge >= 0.3 is 0 Å². The molecular formula is C15H13NO. The van der Waals surface area contributed by atoms with Gasteiger partial charge in [-0.3, -0.25) is 0 Å². The predicted molar refractivity (Wildman–Crippen MR) is 68.8 cm³/mol. The van der Waals surface area contributed by atoms with Crippen LogP contribution in [0.25, 0.3) is 11.3 Å². The van der Waals surface area contributed by atoms with E-state index in [0.717, 1.165) is 22.7 Å². The van der Waals surface area contributed by atoms with Crippen LogP contribution in [-0.2, 0) is 0 Å². The molecule has 0 bridgehead atoms. The van der Waals surface area contributed by atoms with E-state index in [1.807, 2.05) is 42.5 Å². The van der Waals surface area contributed by atoms with Crippen molar-refractivity contribution in [1.29, 1.82) is 0 Å². The molecule has 2 aromatic rings. The quantitative estimate of drug-likeness (QED) is 0.730. The highest BCUT2D eigenvalue weighted by molar-refractivity contribution is 5.61. The molecule has 0 aliphatic heterocycles. The lowest BCUT2D eigenvalue weighted by atomic mass is 10.1. The molecule has 0 amide bonds. The maximum atomic E-state index is 5.20. The number of aromatic nitrogens is 1. The van der Waals surface area contributed by atoms with Gasteiger partial charge in [0.05, 0.1) is 12.8 Å². The number of pyridine rings is 1. The number of rotatable bonds is 2. The molecule has 0 N–H and O–H groups in total. The van der Waals surface area contributed by atoms with Crippen LogP contribution in [0, 0.1) is 11.8 Å². The van der Waals surface area contributed by atoms with E-state index >= 15 is 0 Å². The Balaban J connectivity index is 2.43. The van der Waals surface area contributed by atoms with Crippen LogP contribution < -0.4 is 4.74 Å². The molecule has 0 aliphatic carbocycles. The van der Waals surface area contributed by atoms with Crippen molar-refractivity contribution in [3.05, 3.63) is 48.2 Å². The van der Waals surface area contributed by atoms with Gasteiger partial charge in [0.25, 0.3) is 0 Å². The van der Waals surface area contributed by atoms with Crippen molar-refractivity contribution in [1.82, 2.24) is 4.98 Å². The second kappa shape index (κ2) is 5.18. The maximum absolute atomic E-state index is 5.20. The second-order valence-electron chi connectivity index (χ2n) is 3.52. The summed E-state index contributed by atoms with van der Waals surface area (Å²) in [6.07, 6.45) is 0. The molecule has 1 aromatic heterocycles. The molecule has 0 spiro atoms. The van der Waals surface area contributed by atoms with Crippen LogP contribution in [0.1, 0.15) is 12.6 Å². The molecule has 0 saturated carbocycles. The zero-order valence-electron chi connectivity index (χ0n) is 9.90. The van der Waals surface area contributed by atoms with E-state index in [2.05, 4.69) is 16.8 Å². The molecule has 1 aromatic carbocycles. The largest absolute Gasteiger partial charge is 0.497 e. The van der Waals surface area contributed by atoms with Crippen molar-refractivity contribution in [2.24, 2.45) is 0 Å². The minimum atomic E-state index is 0.785. The summed E-state index contributed by atoms with van der Waals surface area (Å²) in [7, 11) is 1.66. The number of hydrogen-bond acceptors (Lipinski definition) is 2. The Bertz CT molecular complexity index is 579. The summed E-state index contributed by atoms with van der Waals surface area (Å²) in [6.45, 7) is 1.81. The van der Waals surface area contributed by atoms with Gasteiger partial charge in [-0.05, 0) is 37.1 Å². The van der Waals surface area contributed by atoms with Gasteiger partial charge in [0.15, 0.2) is 0 Å². The summed E-state index contributed by atoms with van der Waals surface area (Å²) in [5.74, 6) is 6.63. The predicted octanol–water partition coefficient (Wildman–Crippen LogP) is 3.13. The standard InChI is InChI=1S/C15H13NO/c1-3-6-13-8-5-10-15(16-13)12-7-4-9-14(11-12)17-2/h4-5,7-11H,1-2H3. The fourth-order valence-corrected chi connectivity index (χ4v) is 1.58. The number of nitrogens with zero attached hydrogens (tertiary/aromatic N) is 1. The lowest BCUT2D eigenvalue weighted by Gasteiger charge is -2.04. The summed E-state index contributed by atoms with van der Waals surface area (Å²) in [5, 5.41) is 0. The topological polar surface area (TPSA) is 22.1 Å².